The second kappa shape index (κ2) is 3.21. The molecule has 0 unspecified atom stereocenters. The van der Waals surface area contributed by atoms with Crippen LogP contribution in [0.3, 0.4) is 0 Å². The second-order valence-electron chi connectivity index (χ2n) is 1.67. The van der Waals surface area contributed by atoms with Crippen molar-refractivity contribution in [1.82, 2.24) is 4.98 Å². The molecule has 0 aliphatic carbocycles. The van der Waals surface area contributed by atoms with Gasteiger partial charge < -0.3 is 9.84 Å². The van der Waals surface area contributed by atoms with Gasteiger partial charge in [-0.15, -0.1) is 0 Å². The minimum atomic E-state index is -1.40. The Bertz CT molecular complexity index is 276. The number of nitrogens with zero attached hydrogens (tertiary/aromatic N) is 1. The third-order valence-corrected chi connectivity index (χ3v) is 1.09. The molecule has 0 saturated carbocycles. The molecule has 0 aromatic carbocycles. The van der Waals surface area contributed by atoms with Gasteiger partial charge in [-0.2, -0.15) is 0 Å². The summed E-state index contributed by atoms with van der Waals surface area (Å²) in [5.41, 5.74) is 0. The monoisotopic (exact) mass is 173 g/mol. The zero-order chi connectivity index (χ0) is 8.27. The quantitative estimate of drug-likeness (QED) is 0.520. The predicted octanol–water partition coefficient (Wildman–Crippen LogP) is 1.79. The molecular formula is C6H4ClNO3. The van der Waals surface area contributed by atoms with Gasteiger partial charge in [0.05, 0.1) is 0 Å². The Morgan fingerprint density at radius 3 is 2.91 bits per heavy atom. The summed E-state index contributed by atoms with van der Waals surface area (Å²) in [6.07, 6.45) is -1.40. The summed E-state index contributed by atoms with van der Waals surface area (Å²) in [5, 5.41) is 8.35. The van der Waals surface area contributed by atoms with Crippen LogP contribution in [0.5, 0.6) is 5.88 Å². The molecule has 11 heavy (non-hydrogen) atoms. The first-order valence-corrected chi connectivity index (χ1v) is 3.09. The molecule has 0 bridgehead atoms. The van der Waals surface area contributed by atoms with Gasteiger partial charge in [0.1, 0.15) is 5.15 Å². The fourth-order valence-corrected chi connectivity index (χ4v) is 0.692. The van der Waals surface area contributed by atoms with E-state index < -0.39 is 6.16 Å². The van der Waals surface area contributed by atoms with Crippen LogP contribution < -0.4 is 4.74 Å². The number of hydrogen-bond donors (Lipinski definition) is 1. The van der Waals surface area contributed by atoms with E-state index in [1.165, 1.54) is 12.1 Å². The predicted molar refractivity (Wildman–Crippen MR) is 37.9 cm³/mol. The molecule has 0 spiro atoms. The van der Waals surface area contributed by atoms with Crippen molar-refractivity contribution in [3.8, 4) is 5.88 Å². The van der Waals surface area contributed by atoms with Crippen molar-refractivity contribution >= 4 is 17.8 Å². The fraction of sp³-hybridized carbons (Fsp3) is 0. The number of halogens is 1. The first-order chi connectivity index (χ1) is 5.18. The smallest absolute Gasteiger partial charge is 0.449 e. The van der Waals surface area contributed by atoms with Gasteiger partial charge in [-0.3, -0.25) is 0 Å². The van der Waals surface area contributed by atoms with Crippen molar-refractivity contribution in [2.24, 2.45) is 0 Å². The first kappa shape index (κ1) is 7.81. The number of rotatable bonds is 1. The molecule has 0 radical (unpaired) electrons. The normalized spacial score (nSPS) is 9.18. The molecule has 58 valence electrons. The van der Waals surface area contributed by atoms with Gasteiger partial charge in [0.15, 0.2) is 0 Å². The van der Waals surface area contributed by atoms with E-state index >= 15 is 0 Å². The van der Waals surface area contributed by atoms with Crippen molar-refractivity contribution < 1.29 is 14.6 Å². The van der Waals surface area contributed by atoms with Gasteiger partial charge in [0.25, 0.3) is 0 Å². The highest BCUT2D eigenvalue weighted by atomic mass is 35.5. The van der Waals surface area contributed by atoms with Crippen LogP contribution in [0.15, 0.2) is 18.2 Å². The molecule has 5 heteroatoms. The van der Waals surface area contributed by atoms with E-state index in [4.69, 9.17) is 16.7 Å². The number of carbonyl (C=O) groups is 1. The summed E-state index contributed by atoms with van der Waals surface area (Å²) in [7, 11) is 0. The summed E-state index contributed by atoms with van der Waals surface area (Å²) >= 11 is 5.44. The van der Waals surface area contributed by atoms with Gasteiger partial charge in [0.2, 0.25) is 5.88 Å². The lowest BCUT2D eigenvalue weighted by Crippen LogP contribution is -2.04. The summed E-state index contributed by atoms with van der Waals surface area (Å²) < 4.78 is 4.22. The van der Waals surface area contributed by atoms with E-state index in [1.807, 2.05) is 0 Å². The summed E-state index contributed by atoms with van der Waals surface area (Å²) in [6.45, 7) is 0. The molecule has 4 nitrogen and oxygen atoms in total. The fourth-order valence-electron chi connectivity index (χ4n) is 0.536. The second-order valence-corrected chi connectivity index (χ2v) is 2.05. The van der Waals surface area contributed by atoms with E-state index in [0.29, 0.717) is 0 Å². The van der Waals surface area contributed by atoms with Gasteiger partial charge in [-0.25, -0.2) is 9.78 Å². The molecule has 0 aliphatic rings. The highest BCUT2D eigenvalue weighted by molar-refractivity contribution is 6.29. The third kappa shape index (κ3) is 2.43. The molecule has 0 aliphatic heterocycles. The van der Waals surface area contributed by atoms with Crippen molar-refractivity contribution in [1.29, 1.82) is 0 Å². The Kier molecular flexibility index (Phi) is 2.28. The highest BCUT2D eigenvalue weighted by Gasteiger charge is 2.00. The molecule has 0 saturated heterocycles. The maximum absolute atomic E-state index is 9.97. The minimum absolute atomic E-state index is 0.0231. The van der Waals surface area contributed by atoms with Crippen LogP contribution >= 0.6 is 11.6 Å². The minimum Gasteiger partial charge on any atom is -0.449 e. The van der Waals surface area contributed by atoms with Crippen molar-refractivity contribution in [2.45, 2.75) is 0 Å². The maximum Gasteiger partial charge on any atom is 0.512 e. The number of ether oxygens (including phenoxy) is 1. The van der Waals surface area contributed by atoms with E-state index in [0.717, 1.165) is 0 Å². The molecule has 1 rings (SSSR count). The third-order valence-electron chi connectivity index (χ3n) is 0.881. The van der Waals surface area contributed by atoms with Crippen molar-refractivity contribution in [3.05, 3.63) is 23.4 Å². The standard InChI is InChI=1S/C6H4ClNO3/c7-4-2-1-3-5(8-4)11-6(9)10/h1-3H,(H,9,10). The SMILES string of the molecule is O=C(O)Oc1cccc(Cl)n1. The van der Waals surface area contributed by atoms with Crippen LogP contribution in [0.4, 0.5) is 4.79 Å². The Morgan fingerprint density at radius 1 is 1.64 bits per heavy atom. The lowest BCUT2D eigenvalue weighted by molar-refractivity contribution is 0.142. The van der Waals surface area contributed by atoms with Crippen LogP contribution in [0.1, 0.15) is 0 Å². The molecule has 1 N–H and O–H groups in total. The maximum atomic E-state index is 9.97. The summed E-state index contributed by atoms with van der Waals surface area (Å²) in [5.74, 6) is -0.0231. The van der Waals surface area contributed by atoms with Gasteiger partial charge >= 0.3 is 6.16 Å². The Morgan fingerprint density at radius 2 is 2.36 bits per heavy atom. The van der Waals surface area contributed by atoms with Crippen LogP contribution in [0, 0.1) is 0 Å². The van der Waals surface area contributed by atoms with E-state index in [2.05, 4.69) is 9.72 Å². The molecule has 0 fully saturated rings. The Hall–Kier alpha value is -1.29. The summed E-state index contributed by atoms with van der Waals surface area (Å²) in [4.78, 5) is 13.6. The Balaban J connectivity index is 2.79. The van der Waals surface area contributed by atoms with Gasteiger partial charge in [-0.1, -0.05) is 17.7 Å². The number of hydrogen-bond acceptors (Lipinski definition) is 3. The topological polar surface area (TPSA) is 59.4 Å². The van der Waals surface area contributed by atoms with Gasteiger partial charge in [0, 0.05) is 6.07 Å². The molecule has 0 amide bonds. The zero-order valence-electron chi connectivity index (χ0n) is 5.32. The summed E-state index contributed by atoms with van der Waals surface area (Å²) in [6, 6.07) is 4.48. The van der Waals surface area contributed by atoms with Crippen LogP contribution in [0.25, 0.3) is 0 Å². The van der Waals surface area contributed by atoms with Crippen molar-refractivity contribution in [3.63, 3.8) is 0 Å². The lowest BCUT2D eigenvalue weighted by atomic mass is 10.5. The largest absolute Gasteiger partial charge is 0.512 e. The van der Waals surface area contributed by atoms with Gasteiger partial charge in [-0.05, 0) is 6.07 Å². The number of aromatic nitrogens is 1. The highest BCUT2D eigenvalue weighted by Crippen LogP contribution is 2.10. The number of pyridine rings is 1. The first-order valence-electron chi connectivity index (χ1n) is 2.72. The molecule has 1 heterocycles. The Labute approximate surface area is 67.4 Å². The van der Waals surface area contributed by atoms with Crippen LogP contribution in [-0.2, 0) is 0 Å². The zero-order valence-corrected chi connectivity index (χ0v) is 6.08. The molecule has 1 aromatic rings. The average molecular weight is 174 g/mol. The van der Waals surface area contributed by atoms with E-state index in [9.17, 15) is 4.79 Å². The molecule has 1 aromatic heterocycles. The van der Waals surface area contributed by atoms with E-state index in [-0.39, 0.29) is 11.0 Å². The molecular weight excluding hydrogens is 170 g/mol. The number of carboxylic acid groups (broad SMARTS) is 1. The van der Waals surface area contributed by atoms with E-state index in [1.54, 1.807) is 6.07 Å². The molecule has 0 atom stereocenters. The van der Waals surface area contributed by atoms with Crippen LogP contribution in [0.2, 0.25) is 5.15 Å². The van der Waals surface area contributed by atoms with Crippen LogP contribution in [-0.4, -0.2) is 16.2 Å². The van der Waals surface area contributed by atoms with Crippen molar-refractivity contribution in [2.75, 3.05) is 0 Å². The average Bonchev–Trinajstić information content (AvgIpc) is 1.85. The lowest BCUT2D eigenvalue weighted by Gasteiger charge is -1.96.